The lowest BCUT2D eigenvalue weighted by Gasteiger charge is -2.51. The summed E-state index contributed by atoms with van der Waals surface area (Å²) in [7, 11) is 0. The van der Waals surface area contributed by atoms with E-state index in [0.717, 1.165) is 12.8 Å². The second-order valence-corrected chi connectivity index (χ2v) is 12.2. The number of aromatic nitrogens is 2. The molecule has 9 nitrogen and oxygen atoms in total. The molecule has 0 spiro atoms. The van der Waals surface area contributed by atoms with Crippen LogP contribution >= 0.6 is 0 Å². The summed E-state index contributed by atoms with van der Waals surface area (Å²) in [6.07, 6.45) is 1.47. The van der Waals surface area contributed by atoms with Gasteiger partial charge < -0.3 is 9.47 Å². The largest absolute Gasteiger partial charge is 0.418 e. The lowest BCUT2D eigenvalue weighted by Crippen LogP contribution is -2.54. The van der Waals surface area contributed by atoms with Crippen molar-refractivity contribution in [3.8, 4) is 0 Å². The molecule has 0 bridgehead atoms. The number of nitrogens with one attached hydrogen (secondary N) is 2. The molecule has 0 aromatic carbocycles. The third-order valence-corrected chi connectivity index (χ3v) is 9.60. The fraction of sp³-hybridized carbons (Fsp3) is 0.750. The Morgan fingerprint density at radius 1 is 1.27 bits per heavy atom. The van der Waals surface area contributed by atoms with Gasteiger partial charge in [0, 0.05) is 47.1 Å². The predicted octanol–water partition coefficient (Wildman–Crippen LogP) is 3.36. The number of morpholine rings is 1. The van der Waals surface area contributed by atoms with Crippen molar-refractivity contribution in [1.82, 2.24) is 29.6 Å². The smallest absolute Gasteiger partial charge is 0.380 e. The van der Waals surface area contributed by atoms with Gasteiger partial charge in [-0.05, 0) is 64.1 Å². The Morgan fingerprint density at radius 2 is 2.10 bits per heavy atom. The summed E-state index contributed by atoms with van der Waals surface area (Å²) < 4.78 is 80.8. The lowest BCUT2D eigenvalue weighted by atomic mass is 9.64. The maximum atomic E-state index is 14.4. The SMILES string of the molecule is [2H]C([2H])([2H])N1CNNC1CC1(C2CCCC(n3cc4c(C(F)(F)F)cc([C@H](C)N5CCO[C@H](C)C5)cn4c3=O)C2)COC1. The van der Waals surface area contributed by atoms with Crippen LogP contribution in [0.1, 0.15) is 73.3 Å². The minimum atomic E-state index is -4.63. The molecule has 0 radical (unpaired) electrons. The highest BCUT2D eigenvalue weighted by Crippen LogP contribution is 2.49. The summed E-state index contributed by atoms with van der Waals surface area (Å²) in [6.45, 7) is 4.44. The molecule has 222 valence electrons. The van der Waals surface area contributed by atoms with E-state index in [4.69, 9.17) is 13.6 Å². The summed E-state index contributed by atoms with van der Waals surface area (Å²) in [4.78, 5) is 17.3. The number of rotatable bonds is 6. The molecule has 5 atom stereocenters. The molecule has 0 amide bonds. The molecule has 40 heavy (non-hydrogen) atoms. The first kappa shape index (κ1) is 24.6. The minimum Gasteiger partial charge on any atom is -0.380 e. The number of hydrazine groups is 1. The first-order chi connectivity index (χ1) is 20.3. The van der Waals surface area contributed by atoms with Crippen LogP contribution in [0.2, 0.25) is 0 Å². The second-order valence-electron chi connectivity index (χ2n) is 12.2. The average Bonchev–Trinajstić information content (AvgIpc) is 3.54. The van der Waals surface area contributed by atoms with E-state index in [1.54, 1.807) is 6.20 Å². The molecule has 1 saturated carbocycles. The van der Waals surface area contributed by atoms with Crippen molar-refractivity contribution in [2.75, 3.05) is 46.6 Å². The zero-order valence-corrected chi connectivity index (χ0v) is 23.0. The molecule has 3 aliphatic heterocycles. The Labute approximate surface area is 236 Å². The molecule has 5 heterocycles. The highest BCUT2D eigenvalue weighted by molar-refractivity contribution is 5.56. The number of alkyl halides is 3. The van der Waals surface area contributed by atoms with Crippen LogP contribution in [0, 0.1) is 11.3 Å². The Hall–Kier alpha value is -1.96. The van der Waals surface area contributed by atoms with E-state index in [1.165, 1.54) is 26.1 Å². The molecule has 12 heteroatoms. The Balaban J connectivity index is 1.29. The summed E-state index contributed by atoms with van der Waals surface area (Å²) >= 11 is 0. The number of fused-ring (bicyclic) bond motifs is 1. The van der Waals surface area contributed by atoms with Crippen LogP contribution in [0.5, 0.6) is 0 Å². The average molecular weight is 570 g/mol. The molecular weight excluding hydrogens is 525 g/mol. The van der Waals surface area contributed by atoms with Crippen LogP contribution in [-0.2, 0) is 15.7 Å². The number of ether oxygens (including phenoxy) is 2. The van der Waals surface area contributed by atoms with E-state index in [0.29, 0.717) is 57.7 Å². The maximum Gasteiger partial charge on any atom is 0.418 e. The lowest BCUT2D eigenvalue weighted by molar-refractivity contribution is -0.167. The molecule has 4 aliphatic rings. The summed E-state index contributed by atoms with van der Waals surface area (Å²) in [5.41, 5.74) is 4.78. The van der Waals surface area contributed by atoms with Gasteiger partial charge in [0.2, 0.25) is 0 Å². The molecule has 6 rings (SSSR count). The first-order valence-electron chi connectivity index (χ1n) is 15.8. The quantitative estimate of drug-likeness (QED) is 0.553. The molecule has 3 unspecified atom stereocenters. The highest BCUT2D eigenvalue weighted by Gasteiger charge is 2.49. The van der Waals surface area contributed by atoms with Crippen LogP contribution in [-0.4, -0.2) is 77.6 Å². The van der Waals surface area contributed by atoms with Crippen molar-refractivity contribution in [2.45, 2.75) is 76.5 Å². The maximum absolute atomic E-state index is 14.4. The van der Waals surface area contributed by atoms with Crippen molar-refractivity contribution in [2.24, 2.45) is 11.3 Å². The fourth-order valence-electron chi connectivity index (χ4n) is 7.19. The van der Waals surface area contributed by atoms with Crippen LogP contribution in [0.4, 0.5) is 13.2 Å². The number of pyridine rings is 1. The fourth-order valence-corrected chi connectivity index (χ4v) is 7.19. The number of hydrogen-bond donors (Lipinski definition) is 2. The summed E-state index contributed by atoms with van der Waals surface area (Å²) in [5.74, 6) is 0.136. The summed E-state index contributed by atoms with van der Waals surface area (Å²) in [6, 6.07) is 0.602. The predicted molar refractivity (Wildman–Crippen MR) is 144 cm³/mol. The van der Waals surface area contributed by atoms with E-state index in [9.17, 15) is 18.0 Å². The van der Waals surface area contributed by atoms with Gasteiger partial charge in [-0.3, -0.25) is 18.8 Å². The van der Waals surface area contributed by atoms with Crippen molar-refractivity contribution in [3.05, 3.63) is 40.1 Å². The Morgan fingerprint density at radius 3 is 2.80 bits per heavy atom. The normalized spacial score (nSPS) is 32.4. The summed E-state index contributed by atoms with van der Waals surface area (Å²) in [5, 5.41) is 0. The molecule has 3 saturated heterocycles. The number of nitrogens with zero attached hydrogens (tertiary/aromatic N) is 4. The van der Waals surface area contributed by atoms with Gasteiger partial charge in [-0.15, -0.1) is 0 Å². The molecular formula is C28H41F3N6O3. The topological polar surface area (TPSA) is 75.4 Å². The van der Waals surface area contributed by atoms with Crippen molar-refractivity contribution >= 4 is 5.52 Å². The molecule has 2 aromatic heterocycles. The van der Waals surface area contributed by atoms with Crippen LogP contribution in [0.15, 0.2) is 23.3 Å². The Kier molecular flexibility index (Phi) is 6.59. The molecule has 2 aromatic rings. The van der Waals surface area contributed by atoms with Crippen molar-refractivity contribution < 1.29 is 26.8 Å². The third kappa shape index (κ3) is 5.11. The standard InChI is InChI=1S/C28H41F3N6O3/c1-18-12-35(7-8-40-18)19(2)20-9-23(28(29,30)31)24-14-36(26(38)37(24)13-20)22-6-4-5-21(10-22)27(15-39-16-27)11-25-33-32-17-34(25)3/h9,13-14,18-19,21-22,25,32-33H,4-8,10-12,15-17H2,1-3H3/t18-,19+,21?,22?,25?/m1/s1/i3D3. The zero-order valence-electron chi connectivity index (χ0n) is 26.0. The third-order valence-electron chi connectivity index (χ3n) is 9.60. The second kappa shape index (κ2) is 10.7. The van der Waals surface area contributed by atoms with Gasteiger partial charge in [-0.1, -0.05) is 6.42 Å². The van der Waals surface area contributed by atoms with Gasteiger partial charge in [0.25, 0.3) is 0 Å². The van der Waals surface area contributed by atoms with Crippen LogP contribution in [0.25, 0.3) is 5.52 Å². The number of imidazole rings is 1. The van der Waals surface area contributed by atoms with E-state index in [1.807, 2.05) is 13.8 Å². The van der Waals surface area contributed by atoms with Crippen LogP contribution < -0.4 is 16.5 Å². The first-order valence-corrected chi connectivity index (χ1v) is 14.3. The van der Waals surface area contributed by atoms with Crippen molar-refractivity contribution in [3.63, 3.8) is 0 Å². The van der Waals surface area contributed by atoms with Crippen molar-refractivity contribution in [1.29, 1.82) is 0 Å². The number of hydrogen-bond acceptors (Lipinski definition) is 7. The highest BCUT2D eigenvalue weighted by atomic mass is 19.4. The zero-order chi connectivity index (χ0) is 30.7. The minimum absolute atomic E-state index is 0.0216. The van der Waals surface area contributed by atoms with Gasteiger partial charge in [-0.25, -0.2) is 15.6 Å². The van der Waals surface area contributed by atoms with Crippen LogP contribution in [0.3, 0.4) is 0 Å². The van der Waals surface area contributed by atoms with Gasteiger partial charge in [0.1, 0.15) is 0 Å². The monoisotopic (exact) mass is 569 g/mol. The Bertz CT molecular complexity index is 1380. The van der Waals surface area contributed by atoms with Gasteiger partial charge in [0.05, 0.1) is 49.8 Å². The van der Waals surface area contributed by atoms with E-state index >= 15 is 0 Å². The molecule has 1 aliphatic carbocycles. The van der Waals surface area contributed by atoms with Gasteiger partial charge in [-0.2, -0.15) is 13.2 Å². The molecule has 2 N–H and O–H groups in total. The number of halogens is 3. The van der Waals surface area contributed by atoms with Gasteiger partial charge in [0.15, 0.2) is 0 Å². The van der Waals surface area contributed by atoms with E-state index in [-0.39, 0.29) is 41.7 Å². The van der Waals surface area contributed by atoms with Gasteiger partial charge >= 0.3 is 11.9 Å². The van der Waals surface area contributed by atoms with E-state index < -0.39 is 30.6 Å². The molecule has 4 fully saturated rings. The van der Waals surface area contributed by atoms with E-state index in [2.05, 4.69) is 15.8 Å².